The zero-order valence-corrected chi connectivity index (χ0v) is 11.7. The largest absolute Gasteiger partial charge is 0.492 e. The lowest BCUT2D eigenvalue weighted by molar-refractivity contribution is -0.384. The van der Waals surface area contributed by atoms with Crippen molar-refractivity contribution in [1.29, 1.82) is 0 Å². The first-order chi connectivity index (χ1) is 9.17. The number of nitrogens with zero attached hydrogens (tertiary/aromatic N) is 2. The fourth-order valence-electron chi connectivity index (χ4n) is 1.79. The van der Waals surface area contributed by atoms with Crippen LogP contribution in [0.1, 0.15) is 26.7 Å². The van der Waals surface area contributed by atoms with E-state index in [0.29, 0.717) is 12.4 Å². The van der Waals surface area contributed by atoms with Crippen LogP contribution in [0.5, 0.6) is 5.75 Å². The Morgan fingerprint density at radius 1 is 1.32 bits per heavy atom. The van der Waals surface area contributed by atoms with Gasteiger partial charge in [-0.3, -0.25) is 10.1 Å². The minimum absolute atomic E-state index is 0.0656. The molecule has 106 valence electrons. The van der Waals surface area contributed by atoms with Gasteiger partial charge < -0.3 is 9.64 Å². The number of nitro groups is 1. The van der Waals surface area contributed by atoms with Crippen LogP contribution in [0.15, 0.2) is 24.3 Å². The number of unbranched alkanes of at least 4 members (excludes halogenated alkanes) is 1. The lowest BCUT2D eigenvalue weighted by Gasteiger charge is -2.19. The van der Waals surface area contributed by atoms with Crippen LogP contribution in [0, 0.1) is 10.1 Å². The highest BCUT2D eigenvalue weighted by Gasteiger charge is 2.07. The number of ether oxygens (including phenoxy) is 1. The van der Waals surface area contributed by atoms with Gasteiger partial charge in [-0.05, 0) is 25.6 Å². The van der Waals surface area contributed by atoms with Crippen molar-refractivity contribution < 1.29 is 9.66 Å². The Hall–Kier alpha value is -1.62. The molecule has 5 nitrogen and oxygen atoms in total. The van der Waals surface area contributed by atoms with E-state index in [-0.39, 0.29) is 5.69 Å². The van der Waals surface area contributed by atoms with Crippen LogP contribution < -0.4 is 4.74 Å². The molecule has 0 radical (unpaired) electrons. The number of hydrogen-bond donors (Lipinski definition) is 0. The molecule has 0 spiro atoms. The van der Waals surface area contributed by atoms with E-state index in [1.54, 1.807) is 12.1 Å². The molecule has 0 fully saturated rings. The third-order valence-electron chi connectivity index (χ3n) is 2.98. The van der Waals surface area contributed by atoms with Crippen LogP contribution in [-0.2, 0) is 0 Å². The molecule has 0 N–H and O–H groups in total. The maximum absolute atomic E-state index is 10.6. The Labute approximate surface area is 114 Å². The Bertz CT molecular complexity index is 396. The molecule has 1 aromatic rings. The summed E-state index contributed by atoms with van der Waals surface area (Å²) in [4.78, 5) is 12.6. The zero-order chi connectivity index (χ0) is 14.1. The maximum atomic E-state index is 10.6. The zero-order valence-electron chi connectivity index (χ0n) is 11.7. The summed E-state index contributed by atoms with van der Waals surface area (Å²) in [6.45, 7) is 7.78. The van der Waals surface area contributed by atoms with E-state index in [1.165, 1.54) is 25.0 Å². The Balaban J connectivity index is 2.39. The molecule has 0 atom stereocenters. The van der Waals surface area contributed by atoms with E-state index >= 15 is 0 Å². The molecule has 0 amide bonds. The highest BCUT2D eigenvalue weighted by atomic mass is 16.6. The summed E-state index contributed by atoms with van der Waals surface area (Å²) in [5.74, 6) is 0.556. The standard InChI is InChI=1S/C14H22N2O3/c1-3-5-9-15(4-2)10-11-19-14-8-6-7-13(12-14)16(17)18/h6-8,12H,3-5,9-11H2,1-2H3. The number of non-ortho nitro benzene ring substituents is 1. The van der Waals surface area contributed by atoms with Gasteiger partial charge in [-0.1, -0.05) is 26.3 Å². The van der Waals surface area contributed by atoms with Gasteiger partial charge in [0.15, 0.2) is 0 Å². The van der Waals surface area contributed by atoms with Gasteiger partial charge in [-0.2, -0.15) is 0 Å². The molecular formula is C14H22N2O3. The van der Waals surface area contributed by atoms with Crippen LogP contribution in [0.3, 0.4) is 0 Å². The second-order valence-electron chi connectivity index (χ2n) is 4.39. The predicted octanol–water partition coefficient (Wildman–Crippen LogP) is 3.10. The Morgan fingerprint density at radius 2 is 2.11 bits per heavy atom. The average Bonchev–Trinajstić information content (AvgIpc) is 2.43. The van der Waals surface area contributed by atoms with Gasteiger partial charge in [-0.15, -0.1) is 0 Å². The molecule has 1 rings (SSSR count). The van der Waals surface area contributed by atoms with Crippen molar-refractivity contribution in [1.82, 2.24) is 4.90 Å². The Kier molecular flexibility index (Phi) is 6.89. The topological polar surface area (TPSA) is 55.6 Å². The fourth-order valence-corrected chi connectivity index (χ4v) is 1.79. The van der Waals surface area contributed by atoms with Gasteiger partial charge in [0, 0.05) is 12.6 Å². The predicted molar refractivity (Wildman–Crippen MR) is 75.6 cm³/mol. The third kappa shape index (κ3) is 5.70. The summed E-state index contributed by atoms with van der Waals surface area (Å²) in [5.41, 5.74) is 0.0656. The van der Waals surface area contributed by atoms with Crippen LogP contribution in [0.2, 0.25) is 0 Å². The second-order valence-corrected chi connectivity index (χ2v) is 4.39. The maximum Gasteiger partial charge on any atom is 0.273 e. The first-order valence-electron chi connectivity index (χ1n) is 6.77. The molecule has 0 saturated heterocycles. The van der Waals surface area contributed by atoms with E-state index < -0.39 is 4.92 Å². The van der Waals surface area contributed by atoms with E-state index in [0.717, 1.165) is 19.6 Å². The molecule has 0 aliphatic carbocycles. The van der Waals surface area contributed by atoms with Crippen molar-refractivity contribution >= 4 is 5.69 Å². The molecule has 0 unspecified atom stereocenters. The van der Waals surface area contributed by atoms with Crippen molar-refractivity contribution in [3.8, 4) is 5.75 Å². The van der Waals surface area contributed by atoms with E-state index in [4.69, 9.17) is 4.74 Å². The summed E-state index contributed by atoms with van der Waals surface area (Å²) >= 11 is 0. The van der Waals surface area contributed by atoms with Gasteiger partial charge in [0.2, 0.25) is 0 Å². The fraction of sp³-hybridized carbons (Fsp3) is 0.571. The summed E-state index contributed by atoms with van der Waals surface area (Å²) in [5, 5.41) is 10.6. The highest BCUT2D eigenvalue weighted by Crippen LogP contribution is 2.18. The first kappa shape index (κ1) is 15.4. The molecule has 0 aromatic heterocycles. The van der Waals surface area contributed by atoms with Crippen molar-refractivity contribution in [3.05, 3.63) is 34.4 Å². The van der Waals surface area contributed by atoms with Crippen LogP contribution >= 0.6 is 0 Å². The SMILES string of the molecule is CCCCN(CC)CCOc1cccc([N+](=O)[O-])c1. The molecule has 0 aliphatic heterocycles. The number of likely N-dealkylation sites (N-methyl/N-ethyl adjacent to an activating group) is 1. The van der Waals surface area contributed by atoms with Crippen molar-refractivity contribution in [3.63, 3.8) is 0 Å². The molecule has 0 saturated carbocycles. The summed E-state index contributed by atoms with van der Waals surface area (Å²) in [6, 6.07) is 6.31. The molecular weight excluding hydrogens is 244 g/mol. The molecule has 0 aliphatic rings. The minimum Gasteiger partial charge on any atom is -0.492 e. The Morgan fingerprint density at radius 3 is 2.74 bits per heavy atom. The van der Waals surface area contributed by atoms with Gasteiger partial charge >= 0.3 is 0 Å². The van der Waals surface area contributed by atoms with Crippen LogP contribution in [0.4, 0.5) is 5.69 Å². The van der Waals surface area contributed by atoms with Gasteiger partial charge in [0.1, 0.15) is 12.4 Å². The third-order valence-corrected chi connectivity index (χ3v) is 2.98. The lowest BCUT2D eigenvalue weighted by Crippen LogP contribution is -2.29. The molecule has 0 bridgehead atoms. The van der Waals surface area contributed by atoms with Crippen molar-refractivity contribution in [2.24, 2.45) is 0 Å². The minimum atomic E-state index is -0.410. The number of rotatable bonds is 9. The van der Waals surface area contributed by atoms with Crippen molar-refractivity contribution in [2.45, 2.75) is 26.7 Å². The average molecular weight is 266 g/mol. The molecule has 0 heterocycles. The highest BCUT2D eigenvalue weighted by molar-refractivity contribution is 5.37. The van der Waals surface area contributed by atoms with E-state index in [9.17, 15) is 10.1 Å². The summed E-state index contributed by atoms with van der Waals surface area (Å²) in [6.07, 6.45) is 2.37. The second kappa shape index (κ2) is 8.48. The van der Waals surface area contributed by atoms with E-state index in [1.807, 2.05) is 0 Å². The van der Waals surface area contributed by atoms with Gasteiger partial charge in [0.25, 0.3) is 5.69 Å². The van der Waals surface area contributed by atoms with Crippen molar-refractivity contribution in [2.75, 3.05) is 26.2 Å². The normalized spacial score (nSPS) is 10.7. The number of hydrogen-bond acceptors (Lipinski definition) is 4. The summed E-state index contributed by atoms with van der Waals surface area (Å²) < 4.78 is 5.56. The monoisotopic (exact) mass is 266 g/mol. The molecule has 5 heteroatoms. The number of nitro benzene ring substituents is 1. The van der Waals surface area contributed by atoms with Gasteiger partial charge in [0.05, 0.1) is 11.0 Å². The first-order valence-corrected chi connectivity index (χ1v) is 6.77. The van der Waals surface area contributed by atoms with E-state index in [2.05, 4.69) is 18.7 Å². The molecule has 19 heavy (non-hydrogen) atoms. The van der Waals surface area contributed by atoms with Gasteiger partial charge in [-0.25, -0.2) is 0 Å². The summed E-state index contributed by atoms with van der Waals surface area (Å²) in [7, 11) is 0. The molecule has 1 aromatic carbocycles. The lowest BCUT2D eigenvalue weighted by atomic mass is 10.3. The van der Waals surface area contributed by atoms with Crippen LogP contribution in [0.25, 0.3) is 0 Å². The smallest absolute Gasteiger partial charge is 0.273 e. The quantitative estimate of drug-likeness (QED) is 0.509. The van der Waals surface area contributed by atoms with Crippen LogP contribution in [-0.4, -0.2) is 36.1 Å². The number of benzene rings is 1.